The molecule has 0 fully saturated rings. The van der Waals surface area contributed by atoms with Gasteiger partial charge in [-0.15, -0.1) is 0 Å². The Labute approximate surface area is 123 Å². The van der Waals surface area contributed by atoms with Gasteiger partial charge in [0.2, 0.25) is 10.0 Å². The molecule has 0 N–H and O–H groups in total. The lowest BCUT2D eigenvalue weighted by atomic mass is 9.85. The SMILES string of the molecule is CC(C)(C)c1cccc2c1N(S(=O)(=O)C(C)(C)C)CC2. The molecule has 0 aromatic heterocycles. The fourth-order valence-corrected chi connectivity index (χ4v) is 4.05. The highest BCUT2D eigenvalue weighted by Crippen LogP contribution is 2.41. The number of rotatable bonds is 1. The lowest BCUT2D eigenvalue weighted by molar-refractivity contribution is 0.554. The minimum absolute atomic E-state index is 0.0681. The van der Waals surface area contributed by atoms with Crippen molar-refractivity contribution >= 4 is 15.7 Å². The topological polar surface area (TPSA) is 37.4 Å². The molecule has 1 aliphatic heterocycles. The Bertz CT molecular complexity index is 619. The number of para-hydroxylation sites is 1. The predicted molar refractivity (Wildman–Crippen MR) is 84.9 cm³/mol. The van der Waals surface area contributed by atoms with Crippen molar-refractivity contribution in [3.63, 3.8) is 0 Å². The molecular formula is C16H25NO2S. The van der Waals surface area contributed by atoms with Crippen LogP contribution in [0.4, 0.5) is 5.69 Å². The summed E-state index contributed by atoms with van der Waals surface area (Å²) in [6.45, 7) is 12.2. The van der Waals surface area contributed by atoms with Gasteiger partial charge in [0, 0.05) is 6.54 Å². The lowest BCUT2D eigenvalue weighted by Crippen LogP contribution is -2.42. The molecule has 0 bridgehead atoms. The van der Waals surface area contributed by atoms with Gasteiger partial charge in [-0.25, -0.2) is 8.42 Å². The number of nitrogens with zero attached hydrogens (tertiary/aromatic N) is 1. The van der Waals surface area contributed by atoms with E-state index in [0.717, 1.165) is 23.2 Å². The molecule has 1 heterocycles. The normalized spacial score (nSPS) is 16.4. The smallest absolute Gasteiger partial charge is 0.240 e. The van der Waals surface area contributed by atoms with E-state index in [9.17, 15) is 8.42 Å². The van der Waals surface area contributed by atoms with Gasteiger partial charge in [-0.3, -0.25) is 4.31 Å². The van der Waals surface area contributed by atoms with E-state index < -0.39 is 14.8 Å². The van der Waals surface area contributed by atoms with Gasteiger partial charge in [0.15, 0.2) is 0 Å². The average molecular weight is 295 g/mol. The number of hydrogen-bond acceptors (Lipinski definition) is 2. The van der Waals surface area contributed by atoms with Crippen molar-refractivity contribution in [3.8, 4) is 0 Å². The van der Waals surface area contributed by atoms with E-state index in [1.807, 2.05) is 12.1 Å². The Morgan fingerprint density at radius 3 is 2.15 bits per heavy atom. The van der Waals surface area contributed by atoms with Crippen molar-refractivity contribution in [2.75, 3.05) is 10.8 Å². The second-order valence-corrected chi connectivity index (χ2v) is 10.1. The van der Waals surface area contributed by atoms with Crippen LogP contribution in [-0.4, -0.2) is 19.7 Å². The summed E-state index contributed by atoms with van der Waals surface area (Å²) in [5.41, 5.74) is 3.10. The summed E-state index contributed by atoms with van der Waals surface area (Å²) < 4.78 is 26.5. The van der Waals surface area contributed by atoms with Gasteiger partial charge in [-0.2, -0.15) is 0 Å². The molecular weight excluding hydrogens is 270 g/mol. The molecule has 112 valence electrons. The van der Waals surface area contributed by atoms with E-state index >= 15 is 0 Å². The highest BCUT2D eigenvalue weighted by Gasteiger charge is 2.40. The van der Waals surface area contributed by atoms with Crippen molar-refractivity contribution in [1.29, 1.82) is 0 Å². The van der Waals surface area contributed by atoms with E-state index in [1.165, 1.54) is 0 Å². The summed E-state index contributed by atoms with van der Waals surface area (Å²) in [6, 6.07) is 6.13. The van der Waals surface area contributed by atoms with Crippen molar-refractivity contribution in [3.05, 3.63) is 29.3 Å². The number of fused-ring (bicyclic) bond motifs is 1. The molecule has 0 atom stereocenters. The summed E-state index contributed by atoms with van der Waals surface area (Å²) in [5.74, 6) is 0. The maximum absolute atomic E-state index is 12.8. The zero-order chi connectivity index (χ0) is 15.3. The first-order valence-electron chi connectivity index (χ1n) is 7.11. The summed E-state index contributed by atoms with van der Waals surface area (Å²) in [6.07, 6.45) is 0.800. The molecule has 1 aromatic carbocycles. The second-order valence-electron chi connectivity index (χ2n) is 7.50. The summed E-state index contributed by atoms with van der Waals surface area (Å²) >= 11 is 0. The van der Waals surface area contributed by atoms with E-state index in [2.05, 4.69) is 26.8 Å². The summed E-state index contributed by atoms with van der Waals surface area (Å²) in [5, 5.41) is 0. The Morgan fingerprint density at radius 2 is 1.65 bits per heavy atom. The quantitative estimate of drug-likeness (QED) is 0.795. The second kappa shape index (κ2) is 4.48. The lowest BCUT2D eigenvalue weighted by Gasteiger charge is -2.32. The first-order chi connectivity index (χ1) is 8.96. The van der Waals surface area contributed by atoms with Gasteiger partial charge < -0.3 is 0 Å². The molecule has 0 spiro atoms. The first kappa shape index (κ1) is 15.4. The van der Waals surface area contributed by atoms with Crippen molar-refractivity contribution in [2.45, 2.75) is 58.1 Å². The van der Waals surface area contributed by atoms with Crippen LogP contribution in [0.1, 0.15) is 52.7 Å². The fourth-order valence-electron chi connectivity index (χ4n) is 2.60. The van der Waals surface area contributed by atoms with E-state index in [0.29, 0.717) is 6.54 Å². The van der Waals surface area contributed by atoms with E-state index in [-0.39, 0.29) is 5.41 Å². The Hall–Kier alpha value is -1.03. The zero-order valence-corrected chi connectivity index (χ0v) is 14.1. The summed E-state index contributed by atoms with van der Waals surface area (Å²) in [7, 11) is -3.34. The molecule has 1 aromatic rings. The standard InChI is InChI=1S/C16H25NO2S/c1-15(2,3)13-9-7-8-12-10-11-17(14(12)13)20(18,19)16(4,5)6/h7-9H,10-11H2,1-6H3. The van der Waals surface area contributed by atoms with Gasteiger partial charge in [-0.05, 0) is 43.7 Å². The maximum atomic E-state index is 12.8. The molecule has 2 rings (SSSR count). The minimum atomic E-state index is -3.34. The third kappa shape index (κ3) is 2.34. The first-order valence-corrected chi connectivity index (χ1v) is 8.55. The van der Waals surface area contributed by atoms with Crippen molar-refractivity contribution in [1.82, 2.24) is 0 Å². The largest absolute Gasteiger partial charge is 0.269 e. The van der Waals surface area contributed by atoms with Crippen LogP contribution >= 0.6 is 0 Å². The van der Waals surface area contributed by atoms with Crippen molar-refractivity contribution in [2.24, 2.45) is 0 Å². The molecule has 0 radical (unpaired) electrons. The third-order valence-corrected chi connectivity index (χ3v) is 6.32. The van der Waals surface area contributed by atoms with Gasteiger partial charge in [0.1, 0.15) is 0 Å². The van der Waals surface area contributed by atoms with Crippen LogP contribution in [-0.2, 0) is 21.9 Å². The van der Waals surface area contributed by atoms with Crippen LogP contribution in [0.15, 0.2) is 18.2 Å². The minimum Gasteiger partial charge on any atom is -0.269 e. The number of hydrogen-bond donors (Lipinski definition) is 0. The summed E-state index contributed by atoms with van der Waals surface area (Å²) in [4.78, 5) is 0. The molecule has 3 nitrogen and oxygen atoms in total. The number of benzene rings is 1. The molecule has 0 aliphatic carbocycles. The van der Waals surface area contributed by atoms with Crippen LogP contribution in [0.25, 0.3) is 0 Å². The van der Waals surface area contributed by atoms with Crippen LogP contribution in [0.2, 0.25) is 0 Å². The van der Waals surface area contributed by atoms with Crippen molar-refractivity contribution < 1.29 is 8.42 Å². The van der Waals surface area contributed by atoms with Gasteiger partial charge in [0.25, 0.3) is 0 Å². The molecule has 0 unspecified atom stereocenters. The predicted octanol–water partition coefficient (Wildman–Crippen LogP) is 3.47. The Balaban J connectivity index is 2.64. The van der Waals surface area contributed by atoms with E-state index in [1.54, 1.807) is 25.1 Å². The van der Waals surface area contributed by atoms with Gasteiger partial charge in [0.05, 0.1) is 10.4 Å². The Morgan fingerprint density at radius 1 is 1.05 bits per heavy atom. The average Bonchev–Trinajstić information content (AvgIpc) is 2.69. The molecule has 0 amide bonds. The fraction of sp³-hybridized carbons (Fsp3) is 0.625. The molecule has 1 aliphatic rings. The van der Waals surface area contributed by atoms with Crippen LogP contribution < -0.4 is 4.31 Å². The third-order valence-electron chi connectivity index (χ3n) is 3.83. The van der Waals surface area contributed by atoms with Gasteiger partial charge >= 0.3 is 0 Å². The molecule has 0 saturated heterocycles. The number of sulfonamides is 1. The zero-order valence-electron chi connectivity index (χ0n) is 13.3. The Kier molecular flexibility index (Phi) is 3.44. The van der Waals surface area contributed by atoms with Crippen LogP contribution in [0, 0.1) is 0 Å². The highest BCUT2D eigenvalue weighted by molar-refractivity contribution is 7.94. The maximum Gasteiger partial charge on any atom is 0.240 e. The van der Waals surface area contributed by atoms with Gasteiger partial charge in [-0.1, -0.05) is 39.0 Å². The molecule has 4 heteroatoms. The van der Waals surface area contributed by atoms with Crippen LogP contribution in [0.3, 0.4) is 0 Å². The monoisotopic (exact) mass is 295 g/mol. The molecule has 20 heavy (non-hydrogen) atoms. The van der Waals surface area contributed by atoms with E-state index in [4.69, 9.17) is 0 Å². The number of anilines is 1. The van der Waals surface area contributed by atoms with Crippen LogP contribution in [0.5, 0.6) is 0 Å². The molecule has 0 saturated carbocycles. The highest BCUT2D eigenvalue weighted by atomic mass is 32.2.